The van der Waals surface area contributed by atoms with E-state index in [1.54, 1.807) is 12.1 Å². The highest BCUT2D eigenvalue weighted by molar-refractivity contribution is 6.31. The molecule has 2 aromatic rings. The molecule has 1 atom stereocenters. The topological polar surface area (TPSA) is 20.2 Å². The van der Waals surface area contributed by atoms with Gasteiger partial charge in [-0.25, -0.2) is 4.39 Å². The molecule has 1 unspecified atom stereocenters. The summed E-state index contributed by atoms with van der Waals surface area (Å²) in [6.45, 7) is 0. The minimum Gasteiger partial charge on any atom is -0.388 e. The molecule has 1 saturated carbocycles. The number of benzene rings is 2. The molecule has 1 N–H and O–H groups in total. The third kappa shape index (κ3) is 2.87. The van der Waals surface area contributed by atoms with E-state index in [9.17, 15) is 9.50 Å². The maximum absolute atomic E-state index is 13.4. The Bertz CT molecular complexity index is 622. The van der Waals surface area contributed by atoms with Crippen LogP contribution in [0.5, 0.6) is 0 Å². The fourth-order valence-corrected chi connectivity index (χ4v) is 2.67. The SMILES string of the molecule is OC(Cc1cccc(F)c1Cl)c1cccc(C2CC2)c1. The van der Waals surface area contributed by atoms with Gasteiger partial charge in [-0.2, -0.15) is 0 Å². The first-order valence-electron chi connectivity index (χ1n) is 6.86. The molecule has 2 aromatic carbocycles. The molecule has 0 heterocycles. The Hall–Kier alpha value is -1.38. The van der Waals surface area contributed by atoms with Gasteiger partial charge in [0.1, 0.15) is 5.82 Å². The molecule has 0 bridgehead atoms. The summed E-state index contributed by atoms with van der Waals surface area (Å²) in [6, 6.07) is 12.7. The van der Waals surface area contributed by atoms with Crippen molar-refractivity contribution in [1.29, 1.82) is 0 Å². The molecule has 1 aliphatic rings. The van der Waals surface area contributed by atoms with Gasteiger partial charge in [0.2, 0.25) is 0 Å². The second kappa shape index (κ2) is 5.55. The predicted molar refractivity (Wildman–Crippen MR) is 78.5 cm³/mol. The second-order valence-electron chi connectivity index (χ2n) is 5.38. The van der Waals surface area contributed by atoms with E-state index in [1.165, 1.54) is 24.5 Å². The van der Waals surface area contributed by atoms with Crippen molar-refractivity contribution in [2.24, 2.45) is 0 Å². The number of rotatable bonds is 4. The Kier molecular flexibility index (Phi) is 3.77. The highest BCUT2D eigenvalue weighted by Gasteiger charge is 2.24. The van der Waals surface area contributed by atoms with Crippen LogP contribution in [0, 0.1) is 5.82 Å². The van der Waals surface area contributed by atoms with Crippen molar-refractivity contribution < 1.29 is 9.50 Å². The summed E-state index contributed by atoms with van der Waals surface area (Å²) in [7, 11) is 0. The zero-order valence-electron chi connectivity index (χ0n) is 11.0. The fourth-order valence-electron chi connectivity index (χ4n) is 2.47. The van der Waals surface area contributed by atoms with Crippen LogP contribution in [0.15, 0.2) is 42.5 Å². The molecule has 0 aromatic heterocycles. The van der Waals surface area contributed by atoms with E-state index in [1.807, 2.05) is 12.1 Å². The van der Waals surface area contributed by atoms with Gasteiger partial charge in [0, 0.05) is 6.42 Å². The van der Waals surface area contributed by atoms with Crippen molar-refractivity contribution in [1.82, 2.24) is 0 Å². The maximum atomic E-state index is 13.4. The van der Waals surface area contributed by atoms with Gasteiger partial charge in [0.05, 0.1) is 11.1 Å². The molecule has 0 spiro atoms. The zero-order valence-corrected chi connectivity index (χ0v) is 11.8. The molecule has 0 amide bonds. The third-order valence-electron chi connectivity index (χ3n) is 3.79. The number of aliphatic hydroxyl groups is 1. The average Bonchev–Trinajstić information content (AvgIpc) is 3.28. The summed E-state index contributed by atoms with van der Waals surface area (Å²) in [5.41, 5.74) is 2.79. The van der Waals surface area contributed by atoms with Crippen LogP contribution in [0.3, 0.4) is 0 Å². The van der Waals surface area contributed by atoms with E-state index >= 15 is 0 Å². The average molecular weight is 291 g/mol. The number of hydrogen-bond acceptors (Lipinski definition) is 1. The molecule has 0 radical (unpaired) electrons. The van der Waals surface area contributed by atoms with E-state index in [0.29, 0.717) is 17.9 Å². The molecular weight excluding hydrogens is 275 g/mol. The lowest BCUT2D eigenvalue weighted by atomic mass is 9.98. The van der Waals surface area contributed by atoms with Crippen LogP contribution in [-0.4, -0.2) is 5.11 Å². The third-order valence-corrected chi connectivity index (χ3v) is 4.21. The molecule has 0 saturated heterocycles. The molecular formula is C17H16ClFO. The Morgan fingerprint density at radius 3 is 2.70 bits per heavy atom. The highest BCUT2D eigenvalue weighted by Crippen LogP contribution is 2.40. The van der Waals surface area contributed by atoms with E-state index in [4.69, 9.17) is 11.6 Å². The number of hydrogen-bond donors (Lipinski definition) is 1. The standard InChI is InChI=1S/C17H16ClFO/c18-17-14(5-2-6-15(17)19)10-16(20)13-4-1-3-12(9-13)11-7-8-11/h1-6,9,11,16,20H,7-8,10H2. The first-order valence-corrected chi connectivity index (χ1v) is 7.24. The summed E-state index contributed by atoms with van der Waals surface area (Å²) in [5.74, 6) is 0.211. The largest absolute Gasteiger partial charge is 0.388 e. The predicted octanol–water partition coefficient (Wildman–Crippen LogP) is 4.63. The summed E-state index contributed by atoms with van der Waals surface area (Å²) < 4.78 is 13.4. The summed E-state index contributed by atoms with van der Waals surface area (Å²) in [5, 5.41) is 10.4. The van der Waals surface area contributed by atoms with Crippen LogP contribution in [0.4, 0.5) is 4.39 Å². The zero-order chi connectivity index (χ0) is 14.1. The van der Waals surface area contributed by atoms with E-state index in [-0.39, 0.29) is 5.02 Å². The molecule has 1 nitrogen and oxygen atoms in total. The van der Waals surface area contributed by atoms with Gasteiger partial charge in [-0.15, -0.1) is 0 Å². The lowest BCUT2D eigenvalue weighted by Crippen LogP contribution is -2.03. The summed E-state index contributed by atoms with van der Waals surface area (Å²) in [4.78, 5) is 0. The number of halogens is 2. The van der Waals surface area contributed by atoms with E-state index in [2.05, 4.69) is 12.1 Å². The van der Waals surface area contributed by atoms with Crippen molar-refractivity contribution in [3.05, 3.63) is 70.0 Å². The molecule has 20 heavy (non-hydrogen) atoms. The Labute approximate surface area is 123 Å². The van der Waals surface area contributed by atoms with Gasteiger partial charge in [-0.05, 0) is 41.5 Å². The van der Waals surface area contributed by atoms with Gasteiger partial charge in [0.25, 0.3) is 0 Å². The molecule has 3 heteroatoms. The van der Waals surface area contributed by atoms with Crippen molar-refractivity contribution in [2.75, 3.05) is 0 Å². The minimum absolute atomic E-state index is 0.102. The quantitative estimate of drug-likeness (QED) is 0.870. The molecule has 0 aliphatic heterocycles. The lowest BCUT2D eigenvalue weighted by molar-refractivity contribution is 0.178. The van der Waals surface area contributed by atoms with Crippen LogP contribution in [0.2, 0.25) is 5.02 Å². The van der Waals surface area contributed by atoms with E-state index < -0.39 is 11.9 Å². The van der Waals surface area contributed by atoms with Crippen LogP contribution in [0.1, 0.15) is 41.6 Å². The van der Waals surface area contributed by atoms with Gasteiger partial charge < -0.3 is 5.11 Å². The lowest BCUT2D eigenvalue weighted by Gasteiger charge is -2.13. The summed E-state index contributed by atoms with van der Waals surface area (Å²) in [6.07, 6.45) is 2.13. The molecule has 1 fully saturated rings. The fraction of sp³-hybridized carbons (Fsp3) is 0.294. The smallest absolute Gasteiger partial charge is 0.142 e. The normalized spacial score (nSPS) is 16.1. The second-order valence-corrected chi connectivity index (χ2v) is 5.76. The molecule has 104 valence electrons. The van der Waals surface area contributed by atoms with Crippen molar-refractivity contribution >= 4 is 11.6 Å². The van der Waals surface area contributed by atoms with Gasteiger partial charge in [-0.3, -0.25) is 0 Å². The first-order chi connectivity index (χ1) is 9.65. The minimum atomic E-state index is -0.659. The van der Waals surface area contributed by atoms with Crippen molar-refractivity contribution in [3.63, 3.8) is 0 Å². The Morgan fingerprint density at radius 2 is 1.95 bits per heavy atom. The highest BCUT2D eigenvalue weighted by atomic mass is 35.5. The van der Waals surface area contributed by atoms with Gasteiger partial charge in [0.15, 0.2) is 0 Å². The molecule has 3 rings (SSSR count). The Morgan fingerprint density at radius 1 is 1.20 bits per heavy atom. The van der Waals surface area contributed by atoms with Crippen LogP contribution in [-0.2, 0) is 6.42 Å². The van der Waals surface area contributed by atoms with Crippen molar-refractivity contribution in [3.8, 4) is 0 Å². The van der Waals surface area contributed by atoms with E-state index in [0.717, 1.165) is 5.56 Å². The maximum Gasteiger partial charge on any atom is 0.142 e. The first kappa shape index (κ1) is 13.6. The Balaban J connectivity index is 1.80. The summed E-state index contributed by atoms with van der Waals surface area (Å²) >= 11 is 5.93. The van der Waals surface area contributed by atoms with Gasteiger partial charge in [-0.1, -0.05) is 48.0 Å². The van der Waals surface area contributed by atoms with Crippen LogP contribution < -0.4 is 0 Å². The van der Waals surface area contributed by atoms with Crippen molar-refractivity contribution in [2.45, 2.75) is 31.3 Å². The number of aliphatic hydroxyl groups excluding tert-OH is 1. The van der Waals surface area contributed by atoms with Crippen LogP contribution >= 0.6 is 11.6 Å². The molecule has 1 aliphatic carbocycles. The van der Waals surface area contributed by atoms with Gasteiger partial charge >= 0.3 is 0 Å². The monoisotopic (exact) mass is 290 g/mol. The van der Waals surface area contributed by atoms with Crippen LogP contribution in [0.25, 0.3) is 0 Å².